The molecule has 0 bridgehead atoms. The van der Waals surface area contributed by atoms with Gasteiger partial charge in [-0.05, 0) is 22.6 Å². The van der Waals surface area contributed by atoms with Crippen LogP contribution in [0.2, 0.25) is 0 Å². The van der Waals surface area contributed by atoms with Crippen LogP contribution < -0.4 is 19.5 Å². The number of nitrogens with zero attached hydrogens (tertiary/aromatic N) is 5. The summed E-state index contributed by atoms with van der Waals surface area (Å²) in [7, 11) is 4.68. The molecule has 9 nitrogen and oxygen atoms in total. The van der Waals surface area contributed by atoms with Gasteiger partial charge in [-0.25, -0.2) is 0 Å². The third-order valence-corrected chi connectivity index (χ3v) is 3.01. The van der Waals surface area contributed by atoms with Crippen LogP contribution in [0.25, 0.3) is 5.65 Å². The zero-order chi connectivity index (χ0) is 15.5. The summed E-state index contributed by atoms with van der Waals surface area (Å²) < 4.78 is 17.2. The number of methoxy groups -OCH3 is 3. The molecule has 1 aromatic carbocycles. The predicted molar refractivity (Wildman–Crippen MR) is 78.0 cm³/mol. The summed E-state index contributed by atoms with van der Waals surface area (Å²) in [5.74, 6) is 2.20. The average molecular weight is 302 g/mol. The van der Waals surface area contributed by atoms with Crippen molar-refractivity contribution in [2.24, 2.45) is 0 Å². The summed E-state index contributed by atoms with van der Waals surface area (Å²) >= 11 is 0. The Morgan fingerprint density at radius 2 is 1.73 bits per heavy atom. The summed E-state index contributed by atoms with van der Waals surface area (Å²) in [5.41, 5.74) is 1.30. The van der Waals surface area contributed by atoms with Crippen molar-refractivity contribution >= 4 is 17.2 Å². The molecule has 0 atom stereocenters. The van der Waals surface area contributed by atoms with E-state index in [9.17, 15) is 0 Å². The van der Waals surface area contributed by atoms with E-state index in [4.69, 9.17) is 14.2 Å². The summed E-state index contributed by atoms with van der Waals surface area (Å²) in [4.78, 5) is 0. The lowest BCUT2D eigenvalue weighted by atomic mass is 10.2. The highest BCUT2D eigenvalue weighted by molar-refractivity contribution is 5.66. The first-order chi connectivity index (χ1) is 10.7. The lowest BCUT2D eigenvalue weighted by molar-refractivity contribution is 0.324. The molecule has 22 heavy (non-hydrogen) atoms. The predicted octanol–water partition coefficient (Wildman–Crippen LogP) is 1.29. The van der Waals surface area contributed by atoms with Gasteiger partial charge in [0.15, 0.2) is 23.0 Å². The molecule has 0 radical (unpaired) electrons. The Kier molecular flexibility index (Phi) is 3.60. The van der Waals surface area contributed by atoms with Gasteiger partial charge in [0.25, 0.3) is 0 Å². The number of tetrazole rings is 1. The molecule has 0 fully saturated rings. The van der Waals surface area contributed by atoms with E-state index >= 15 is 0 Å². The van der Waals surface area contributed by atoms with Crippen molar-refractivity contribution in [3.05, 3.63) is 24.3 Å². The largest absolute Gasteiger partial charge is 0.493 e. The second-order valence-corrected chi connectivity index (χ2v) is 4.28. The van der Waals surface area contributed by atoms with Gasteiger partial charge in [0, 0.05) is 17.8 Å². The normalized spacial score (nSPS) is 10.5. The zero-order valence-electron chi connectivity index (χ0n) is 12.3. The minimum absolute atomic E-state index is 0.527. The quantitative estimate of drug-likeness (QED) is 0.753. The number of aromatic nitrogens is 5. The number of hydrogen-bond acceptors (Lipinski definition) is 8. The number of rotatable bonds is 5. The van der Waals surface area contributed by atoms with Crippen molar-refractivity contribution in [1.29, 1.82) is 0 Å². The molecule has 0 aliphatic rings. The fraction of sp³-hybridized carbons (Fsp3) is 0.231. The molecule has 1 N–H and O–H groups in total. The van der Waals surface area contributed by atoms with Crippen molar-refractivity contribution in [3.63, 3.8) is 0 Å². The molecular weight excluding hydrogens is 288 g/mol. The standard InChI is InChI=1S/C13H14N6O3/c1-20-9-6-8(7-10(21-2)13(9)22-3)14-11-4-5-12-15-17-18-19(12)16-11/h4-7H,1-3H3,(H,14,16). The van der Waals surface area contributed by atoms with E-state index in [1.54, 1.807) is 45.6 Å². The fourth-order valence-corrected chi connectivity index (χ4v) is 2.02. The second kappa shape index (κ2) is 5.72. The van der Waals surface area contributed by atoms with E-state index in [1.165, 1.54) is 4.63 Å². The maximum absolute atomic E-state index is 5.31. The van der Waals surface area contributed by atoms with Gasteiger partial charge in [-0.15, -0.1) is 14.8 Å². The van der Waals surface area contributed by atoms with E-state index in [0.29, 0.717) is 28.7 Å². The topological polar surface area (TPSA) is 95.7 Å². The van der Waals surface area contributed by atoms with E-state index in [1.807, 2.05) is 0 Å². The first kappa shape index (κ1) is 13.9. The summed E-state index contributed by atoms with van der Waals surface area (Å²) in [5, 5.41) is 18.5. The fourth-order valence-electron chi connectivity index (χ4n) is 2.02. The van der Waals surface area contributed by atoms with Gasteiger partial charge in [-0.2, -0.15) is 0 Å². The molecule has 0 aliphatic heterocycles. The monoisotopic (exact) mass is 302 g/mol. The van der Waals surface area contributed by atoms with Crippen LogP contribution in [0.15, 0.2) is 24.3 Å². The zero-order valence-corrected chi connectivity index (χ0v) is 12.3. The smallest absolute Gasteiger partial charge is 0.203 e. The average Bonchev–Trinajstić information content (AvgIpc) is 3.01. The van der Waals surface area contributed by atoms with Gasteiger partial charge >= 0.3 is 0 Å². The van der Waals surface area contributed by atoms with Gasteiger partial charge in [-0.1, -0.05) is 0 Å². The van der Waals surface area contributed by atoms with Crippen LogP contribution in [0.1, 0.15) is 0 Å². The van der Waals surface area contributed by atoms with Crippen LogP contribution in [-0.4, -0.2) is 46.6 Å². The highest BCUT2D eigenvalue weighted by atomic mass is 16.5. The maximum Gasteiger partial charge on any atom is 0.203 e. The Labute approximate surface area is 125 Å². The van der Waals surface area contributed by atoms with Crippen LogP contribution in [0.3, 0.4) is 0 Å². The van der Waals surface area contributed by atoms with Crippen LogP contribution in [-0.2, 0) is 0 Å². The van der Waals surface area contributed by atoms with Crippen molar-refractivity contribution < 1.29 is 14.2 Å². The molecule has 0 unspecified atom stereocenters. The highest BCUT2D eigenvalue weighted by Crippen LogP contribution is 2.40. The third-order valence-electron chi connectivity index (χ3n) is 3.01. The lowest BCUT2D eigenvalue weighted by Gasteiger charge is -2.14. The molecule has 3 rings (SSSR count). The van der Waals surface area contributed by atoms with Gasteiger partial charge in [0.05, 0.1) is 21.3 Å². The van der Waals surface area contributed by atoms with Crippen molar-refractivity contribution in [3.8, 4) is 17.2 Å². The molecule has 114 valence electrons. The van der Waals surface area contributed by atoms with Gasteiger partial charge in [0.2, 0.25) is 5.75 Å². The Balaban J connectivity index is 1.97. The first-order valence-electron chi connectivity index (χ1n) is 6.37. The Bertz CT molecular complexity index is 778. The van der Waals surface area contributed by atoms with Gasteiger partial charge in [-0.3, -0.25) is 0 Å². The molecular formula is C13H14N6O3. The summed E-state index contributed by atoms with van der Waals surface area (Å²) in [6.45, 7) is 0. The molecule has 9 heteroatoms. The van der Waals surface area contributed by atoms with Crippen LogP contribution >= 0.6 is 0 Å². The molecule has 0 aliphatic carbocycles. The Morgan fingerprint density at radius 1 is 1.00 bits per heavy atom. The first-order valence-corrected chi connectivity index (χ1v) is 6.37. The highest BCUT2D eigenvalue weighted by Gasteiger charge is 2.13. The van der Waals surface area contributed by atoms with Gasteiger partial charge in [0.1, 0.15) is 0 Å². The molecule has 3 aromatic rings. The van der Waals surface area contributed by atoms with Gasteiger partial charge < -0.3 is 19.5 Å². The minimum Gasteiger partial charge on any atom is -0.493 e. The van der Waals surface area contributed by atoms with Crippen LogP contribution in [0, 0.1) is 0 Å². The number of hydrogen-bond donors (Lipinski definition) is 1. The minimum atomic E-state index is 0.527. The number of anilines is 2. The van der Waals surface area contributed by atoms with Crippen LogP contribution in [0.5, 0.6) is 17.2 Å². The molecule has 2 aromatic heterocycles. The molecule has 0 amide bonds. The summed E-state index contributed by atoms with van der Waals surface area (Å²) in [6.07, 6.45) is 0. The Hall–Kier alpha value is -3.10. The van der Waals surface area contributed by atoms with Crippen molar-refractivity contribution in [2.45, 2.75) is 0 Å². The number of ether oxygens (including phenoxy) is 3. The lowest BCUT2D eigenvalue weighted by Crippen LogP contribution is -2.01. The van der Waals surface area contributed by atoms with E-state index in [-0.39, 0.29) is 0 Å². The SMILES string of the molecule is COc1cc(Nc2ccc3nnnn3n2)cc(OC)c1OC. The maximum atomic E-state index is 5.31. The van der Waals surface area contributed by atoms with Crippen molar-refractivity contribution in [1.82, 2.24) is 25.3 Å². The molecule has 2 heterocycles. The number of fused-ring (bicyclic) bond motifs is 1. The van der Waals surface area contributed by atoms with E-state index < -0.39 is 0 Å². The Morgan fingerprint density at radius 3 is 2.36 bits per heavy atom. The third kappa shape index (κ3) is 2.43. The van der Waals surface area contributed by atoms with E-state index in [0.717, 1.165) is 5.69 Å². The number of benzene rings is 1. The molecule has 0 saturated heterocycles. The van der Waals surface area contributed by atoms with Crippen LogP contribution in [0.4, 0.5) is 11.5 Å². The summed E-state index contributed by atoms with van der Waals surface area (Å²) in [6, 6.07) is 7.10. The van der Waals surface area contributed by atoms with Crippen molar-refractivity contribution in [2.75, 3.05) is 26.6 Å². The number of nitrogens with one attached hydrogen (secondary N) is 1. The molecule has 0 saturated carbocycles. The van der Waals surface area contributed by atoms with E-state index in [2.05, 4.69) is 25.9 Å². The second-order valence-electron chi connectivity index (χ2n) is 4.28. The molecule has 0 spiro atoms.